The van der Waals surface area contributed by atoms with E-state index in [4.69, 9.17) is 9.84 Å². The molecule has 1 spiro atoms. The molecule has 5 nitrogen and oxygen atoms in total. The lowest BCUT2D eigenvalue weighted by molar-refractivity contribution is -0.0949. The van der Waals surface area contributed by atoms with Gasteiger partial charge in [0.15, 0.2) is 0 Å². The molecule has 7 heteroatoms. The van der Waals surface area contributed by atoms with E-state index < -0.39 is 5.85 Å². The van der Waals surface area contributed by atoms with Crippen molar-refractivity contribution in [3.8, 4) is 5.75 Å². The standard InChI is InChI=1S/C25H18BrN3O2S/c26-18-12-10-16(11-13-18)14-23-25(27-24(30)32-23)29-21(19-8-4-5-9-22(19)31-25)15-20(28-29)17-6-2-1-3-7-17/h1-14,21H,15H2,(H,27,30)/b23-14-. The first kappa shape index (κ1) is 19.6. The number of carbonyl (C=O) groups excluding carboxylic acids is 1. The minimum atomic E-state index is -1.18. The predicted molar refractivity (Wildman–Crippen MR) is 130 cm³/mol. The zero-order valence-corrected chi connectivity index (χ0v) is 19.3. The van der Waals surface area contributed by atoms with Crippen molar-refractivity contribution in [3.63, 3.8) is 0 Å². The zero-order chi connectivity index (χ0) is 21.7. The molecule has 3 aliphatic heterocycles. The molecule has 1 amide bonds. The van der Waals surface area contributed by atoms with Crippen molar-refractivity contribution in [2.45, 2.75) is 18.3 Å². The van der Waals surface area contributed by atoms with Gasteiger partial charge in [-0.1, -0.05) is 76.6 Å². The number of hydrogen-bond acceptors (Lipinski definition) is 5. The lowest BCUT2D eigenvalue weighted by atomic mass is 9.95. The first-order chi connectivity index (χ1) is 15.6. The summed E-state index contributed by atoms with van der Waals surface area (Å²) in [6.45, 7) is 0. The summed E-state index contributed by atoms with van der Waals surface area (Å²) in [6.07, 6.45) is 2.73. The fourth-order valence-electron chi connectivity index (χ4n) is 4.38. The van der Waals surface area contributed by atoms with Crippen molar-refractivity contribution < 1.29 is 9.53 Å². The molecule has 3 aromatic rings. The molecule has 0 aromatic heterocycles. The number of hydrogen-bond donors (Lipinski definition) is 1. The van der Waals surface area contributed by atoms with Gasteiger partial charge in [-0.2, -0.15) is 5.10 Å². The summed E-state index contributed by atoms with van der Waals surface area (Å²) in [4.78, 5) is 13.4. The molecule has 3 aromatic carbocycles. The Bertz CT molecular complexity index is 1280. The van der Waals surface area contributed by atoms with Crippen molar-refractivity contribution in [3.05, 3.63) is 105 Å². The van der Waals surface area contributed by atoms with Crippen LogP contribution in [0.25, 0.3) is 6.08 Å². The Kier molecular flexibility index (Phi) is 4.62. The van der Waals surface area contributed by atoms with Crippen LogP contribution in [0, 0.1) is 0 Å². The third-order valence-corrected chi connectivity index (χ3v) is 7.28. The Morgan fingerprint density at radius 3 is 2.62 bits per heavy atom. The number of ether oxygens (including phenoxy) is 1. The second kappa shape index (κ2) is 7.53. The Morgan fingerprint density at radius 1 is 1.06 bits per heavy atom. The largest absolute Gasteiger partial charge is 0.444 e. The van der Waals surface area contributed by atoms with Crippen LogP contribution in [0.15, 0.2) is 93.3 Å². The quantitative estimate of drug-likeness (QED) is 0.455. The number of rotatable bonds is 2. The maximum Gasteiger partial charge on any atom is 0.314 e. The van der Waals surface area contributed by atoms with Gasteiger partial charge in [0.2, 0.25) is 0 Å². The Hall–Kier alpha value is -3.03. The molecule has 2 unspecified atom stereocenters. The lowest BCUT2D eigenvalue weighted by Crippen LogP contribution is -2.61. The van der Waals surface area contributed by atoms with Crippen molar-refractivity contribution in [1.82, 2.24) is 10.3 Å². The second-order valence-electron chi connectivity index (χ2n) is 7.84. The molecule has 1 fully saturated rings. The molecule has 158 valence electrons. The minimum absolute atomic E-state index is 0.0394. The SMILES string of the molecule is O=C1NC2(Oc3ccccc3C3CC(c4ccccc4)=NN32)/C(=C/c2ccc(Br)cc2)S1. The number of carbonyl (C=O) groups is 1. The van der Waals surface area contributed by atoms with Gasteiger partial charge in [0, 0.05) is 16.5 Å². The van der Waals surface area contributed by atoms with Gasteiger partial charge in [-0.05, 0) is 47.2 Å². The van der Waals surface area contributed by atoms with E-state index in [-0.39, 0.29) is 11.3 Å². The van der Waals surface area contributed by atoms with E-state index in [1.165, 1.54) is 0 Å². The monoisotopic (exact) mass is 503 g/mol. The van der Waals surface area contributed by atoms with Crippen molar-refractivity contribution in [2.24, 2.45) is 5.10 Å². The van der Waals surface area contributed by atoms with Crippen LogP contribution in [0.3, 0.4) is 0 Å². The van der Waals surface area contributed by atoms with Crippen LogP contribution >= 0.6 is 27.7 Å². The van der Waals surface area contributed by atoms with Gasteiger partial charge >= 0.3 is 5.85 Å². The van der Waals surface area contributed by atoms with Crippen LogP contribution in [-0.2, 0) is 0 Å². The first-order valence-electron chi connectivity index (χ1n) is 10.3. The van der Waals surface area contributed by atoms with E-state index in [0.29, 0.717) is 0 Å². The molecular formula is C25H18BrN3O2S. The van der Waals surface area contributed by atoms with Crippen LogP contribution < -0.4 is 10.1 Å². The van der Waals surface area contributed by atoms with Gasteiger partial charge in [-0.15, -0.1) is 0 Å². The maximum atomic E-state index is 12.7. The van der Waals surface area contributed by atoms with Gasteiger partial charge in [0.25, 0.3) is 5.24 Å². The third kappa shape index (κ3) is 3.15. The minimum Gasteiger partial charge on any atom is -0.444 e. The van der Waals surface area contributed by atoms with Crippen molar-refractivity contribution >= 4 is 44.7 Å². The molecule has 32 heavy (non-hydrogen) atoms. The first-order valence-corrected chi connectivity index (χ1v) is 11.9. The molecule has 6 rings (SSSR count). The summed E-state index contributed by atoms with van der Waals surface area (Å²) in [5.41, 5.74) is 4.10. The Morgan fingerprint density at radius 2 is 1.81 bits per heavy atom. The normalized spacial score (nSPS) is 24.7. The number of benzene rings is 3. The lowest BCUT2D eigenvalue weighted by Gasteiger charge is -2.45. The highest BCUT2D eigenvalue weighted by molar-refractivity contribution is 9.10. The van der Waals surface area contributed by atoms with Crippen molar-refractivity contribution in [1.29, 1.82) is 0 Å². The number of thioether (sulfide) groups is 1. The molecule has 2 atom stereocenters. The van der Waals surface area contributed by atoms with Crippen LogP contribution in [-0.4, -0.2) is 21.8 Å². The van der Waals surface area contributed by atoms with E-state index in [1.807, 2.05) is 71.7 Å². The number of fused-ring (bicyclic) bond motifs is 4. The van der Waals surface area contributed by atoms with Gasteiger partial charge in [-0.25, -0.2) is 5.01 Å². The average Bonchev–Trinajstić information content (AvgIpc) is 3.39. The van der Waals surface area contributed by atoms with Crippen LogP contribution in [0.1, 0.15) is 29.2 Å². The number of halogens is 1. The van der Waals surface area contributed by atoms with E-state index in [9.17, 15) is 4.79 Å². The van der Waals surface area contributed by atoms with E-state index in [0.717, 1.165) is 55.7 Å². The van der Waals surface area contributed by atoms with Gasteiger partial charge < -0.3 is 4.74 Å². The second-order valence-corrected chi connectivity index (χ2v) is 9.77. The molecule has 1 saturated heterocycles. The van der Waals surface area contributed by atoms with Crippen molar-refractivity contribution in [2.75, 3.05) is 0 Å². The molecule has 3 heterocycles. The highest BCUT2D eigenvalue weighted by Gasteiger charge is 2.58. The number of nitrogens with zero attached hydrogens (tertiary/aromatic N) is 2. The molecule has 1 N–H and O–H groups in total. The van der Waals surface area contributed by atoms with E-state index in [1.54, 1.807) is 0 Å². The smallest absolute Gasteiger partial charge is 0.314 e. The molecule has 3 aliphatic rings. The molecule has 0 saturated carbocycles. The van der Waals surface area contributed by atoms with Crippen LogP contribution in [0.2, 0.25) is 0 Å². The summed E-state index contributed by atoms with van der Waals surface area (Å²) in [7, 11) is 0. The topological polar surface area (TPSA) is 53.9 Å². The number of amides is 1. The number of hydrazone groups is 1. The average molecular weight is 504 g/mol. The number of para-hydroxylation sites is 1. The van der Waals surface area contributed by atoms with E-state index >= 15 is 0 Å². The van der Waals surface area contributed by atoms with Crippen LogP contribution in [0.4, 0.5) is 4.79 Å². The van der Waals surface area contributed by atoms with Gasteiger partial charge in [-0.3, -0.25) is 10.1 Å². The fourth-order valence-corrected chi connectivity index (χ4v) is 5.55. The highest BCUT2D eigenvalue weighted by atomic mass is 79.9. The Labute approximate surface area is 198 Å². The van der Waals surface area contributed by atoms with Crippen LogP contribution in [0.5, 0.6) is 5.75 Å². The third-order valence-electron chi connectivity index (χ3n) is 5.85. The highest BCUT2D eigenvalue weighted by Crippen LogP contribution is 2.52. The zero-order valence-electron chi connectivity index (χ0n) is 16.9. The van der Waals surface area contributed by atoms with Gasteiger partial charge in [0.05, 0.1) is 16.7 Å². The summed E-state index contributed by atoms with van der Waals surface area (Å²) in [6, 6.07) is 26.1. The summed E-state index contributed by atoms with van der Waals surface area (Å²) < 4.78 is 7.55. The summed E-state index contributed by atoms with van der Waals surface area (Å²) in [5.74, 6) is -0.410. The van der Waals surface area contributed by atoms with Gasteiger partial charge in [0.1, 0.15) is 5.75 Å². The predicted octanol–water partition coefficient (Wildman–Crippen LogP) is 6.14. The maximum absolute atomic E-state index is 12.7. The molecule has 0 bridgehead atoms. The summed E-state index contributed by atoms with van der Waals surface area (Å²) >= 11 is 4.63. The summed E-state index contributed by atoms with van der Waals surface area (Å²) in [5, 5.41) is 9.86. The number of nitrogens with one attached hydrogen (secondary N) is 1. The fraction of sp³-hybridized carbons (Fsp3) is 0.120. The van der Waals surface area contributed by atoms with E-state index in [2.05, 4.69) is 39.4 Å². The molecule has 0 aliphatic carbocycles. The molecular weight excluding hydrogens is 486 g/mol. The Balaban J connectivity index is 1.51. The molecule has 0 radical (unpaired) electrons.